The Bertz CT molecular complexity index is 849. The van der Waals surface area contributed by atoms with Gasteiger partial charge in [-0.15, -0.1) is 0 Å². The Kier molecular flexibility index (Phi) is 10.6. The molecule has 0 spiro atoms. The normalized spacial score (nSPS) is 34.8. The van der Waals surface area contributed by atoms with E-state index in [1.807, 2.05) is 0 Å². The average molecular weight is 614 g/mol. The summed E-state index contributed by atoms with van der Waals surface area (Å²) in [4.78, 5) is 8.68. The van der Waals surface area contributed by atoms with E-state index in [-0.39, 0.29) is 33.2 Å². The third kappa shape index (κ3) is 7.02. The zero-order valence-electron chi connectivity index (χ0n) is 32.7. The molecule has 2 unspecified atom stereocenters. The van der Waals surface area contributed by atoms with Crippen LogP contribution in [-0.4, -0.2) is 67.6 Å². The highest BCUT2D eigenvalue weighted by Gasteiger charge is 2.57. The standard InChI is InChI=1S/C41H79N3/c1-16-21-42-36(4,5)24-30(25-37(42,6)7)33-19-20-34(31-26-38(8,9)43(22-17-2)39(10,11)27-31)35(33)32-28-40(12,13)44(23-18-3)41(14,15)29-32/h30-35H,16-29H2,1-15H3. The third-order valence-electron chi connectivity index (χ3n) is 13.9. The van der Waals surface area contributed by atoms with Crippen LogP contribution in [0.5, 0.6) is 0 Å². The van der Waals surface area contributed by atoms with Gasteiger partial charge in [0.05, 0.1) is 0 Å². The zero-order chi connectivity index (χ0) is 33.1. The van der Waals surface area contributed by atoms with E-state index in [9.17, 15) is 0 Å². The molecular formula is C41H79N3. The van der Waals surface area contributed by atoms with Crippen molar-refractivity contribution in [3.63, 3.8) is 0 Å². The number of piperidine rings is 3. The van der Waals surface area contributed by atoms with E-state index >= 15 is 0 Å². The summed E-state index contributed by atoms with van der Waals surface area (Å²) in [6.45, 7) is 41.9. The van der Waals surface area contributed by atoms with Gasteiger partial charge in [-0.05, 0) is 209 Å². The number of hydrogen-bond acceptors (Lipinski definition) is 3. The number of likely N-dealkylation sites (tertiary alicyclic amines) is 3. The number of nitrogens with zero attached hydrogens (tertiary/aromatic N) is 3. The molecule has 3 nitrogen and oxygen atoms in total. The summed E-state index contributed by atoms with van der Waals surface area (Å²) >= 11 is 0. The minimum Gasteiger partial charge on any atom is -0.293 e. The summed E-state index contributed by atoms with van der Waals surface area (Å²) in [7, 11) is 0. The molecule has 0 aromatic rings. The van der Waals surface area contributed by atoms with Crippen LogP contribution < -0.4 is 0 Å². The van der Waals surface area contributed by atoms with Crippen LogP contribution in [0.15, 0.2) is 0 Å². The van der Waals surface area contributed by atoms with E-state index in [4.69, 9.17) is 0 Å². The van der Waals surface area contributed by atoms with Crippen molar-refractivity contribution in [2.24, 2.45) is 35.5 Å². The summed E-state index contributed by atoms with van der Waals surface area (Å²) in [5.74, 6) is 5.19. The van der Waals surface area contributed by atoms with Crippen molar-refractivity contribution in [2.45, 2.75) is 208 Å². The predicted octanol–water partition coefficient (Wildman–Crippen LogP) is 10.7. The highest BCUT2D eigenvalue weighted by atomic mass is 15.3. The SMILES string of the molecule is CCCN1C(C)(C)CC(C2CCC(C3CC(C)(C)N(CCC)C(C)(C)C3)C2C2CC(C)(C)N(CCC)C(C)(C)C2)CC1(C)C. The maximum atomic E-state index is 2.90. The van der Waals surface area contributed by atoms with Gasteiger partial charge < -0.3 is 0 Å². The topological polar surface area (TPSA) is 9.72 Å². The lowest BCUT2D eigenvalue weighted by atomic mass is 9.57. The Morgan fingerprint density at radius 2 is 0.614 bits per heavy atom. The molecule has 1 aliphatic carbocycles. The first-order valence-corrected chi connectivity index (χ1v) is 19.5. The molecule has 3 heterocycles. The van der Waals surface area contributed by atoms with Crippen molar-refractivity contribution >= 4 is 0 Å². The minimum absolute atomic E-state index is 0.270. The molecule has 3 saturated heterocycles. The summed E-state index contributed by atoms with van der Waals surface area (Å²) in [6.07, 6.45) is 15.0. The van der Waals surface area contributed by atoms with Crippen LogP contribution in [0.3, 0.4) is 0 Å². The predicted molar refractivity (Wildman–Crippen MR) is 193 cm³/mol. The van der Waals surface area contributed by atoms with Crippen LogP contribution in [0.25, 0.3) is 0 Å². The van der Waals surface area contributed by atoms with Crippen molar-refractivity contribution in [2.75, 3.05) is 19.6 Å². The monoisotopic (exact) mass is 614 g/mol. The lowest BCUT2D eigenvalue weighted by Crippen LogP contribution is -2.64. The van der Waals surface area contributed by atoms with Crippen molar-refractivity contribution in [1.29, 1.82) is 0 Å². The van der Waals surface area contributed by atoms with Crippen LogP contribution in [-0.2, 0) is 0 Å². The fourth-order valence-electron chi connectivity index (χ4n) is 13.4. The molecule has 2 atom stereocenters. The number of hydrogen-bond donors (Lipinski definition) is 0. The Morgan fingerprint density at radius 1 is 0.386 bits per heavy atom. The van der Waals surface area contributed by atoms with E-state index in [0.29, 0.717) is 0 Å². The molecule has 0 amide bonds. The van der Waals surface area contributed by atoms with Gasteiger partial charge in [0.25, 0.3) is 0 Å². The zero-order valence-corrected chi connectivity index (χ0v) is 32.7. The smallest absolute Gasteiger partial charge is 0.0161 e. The van der Waals surface area contributed by atoms with E-state index < -0.39 is 0 Å². The molecule has 0 aromatic carbocycles. The van der Waals surface area contributed by atoms with Crippen molar-refractivity contribution < 1.29 is 0 Å². The average Bonchev–Trinajstić information content (AvgIpc) is 3.30. The van der Waals surface area contributed by atoms with E-state index in [1.54, 1.807) is 0 Å². The van der Waals surface area contributed by atoms with Crippen LogP contribution in [0.4, 0.5) is 0 Å². The van der Waals surface area contributed by atoms with Crippen molar-refractivity contribution in [1.82, 2.24) is 14.7 Å². The molecule has 3 heteroatoms. The number of rotatable bonds is 9. The van der Waals surface area contributed by atoms with Gasteiger partial charge in [0.2, 0.25) is 0 Å². The molecule has 0 bridgehead atoms. The van der Waals surface area contributed by atoms with Gasteiger partial charge in [0, 0.05) is 33.2 Å². The lowest BCUT2D eigenvalue weighted by molar-refractivity contribution is -0.107. The maximum absolute atomic E-state index is 2.90. The minimum atomic E-state index is 0.270. The maximum Gasteiger partial charge on any atom is 0.0161 e. The summed E-state index contributed by atoms with van der Waals surface area (Å²) in [5, 5.41) is 0. The van der Waals surface area contributed by atoms with Gasteiger partial charge in [-0.2, -0.15) is 0 Å². The van der Waals surface area contributed by atoms with Gasteiger partial charge in [0.15, 0.2) is 0 Å². The summed E-state index contributed by atoms with van der Waals surface area (Å²) in [5.41, 5.74) is 1.67. The van der Waals surface area contributed by atoms with Crippen LogP contribution in [0.2, 0.25) is 0 Å². The van der Waals surface area contributed by atoms with E-state index in [0.717, 1.165) is 35.5 Å². The second kappa shape index (κ2) is 12.7. The molecule has 0 radical (unpaired) electrons. The largest absolute Gasteiger partial charge is 0.293 e. The highest BCUT2D eigenvalue weighted by Crippen LogP contribution is 2.60. The molecular weight excluding hydrogens is 534 g/mol. The van der Waals surface area contributed by atoms with Gasteiger partial charge >= 0.3 is 0 Å². The second-order valence-corrected chi connectivity index (χ2v) is 20.3. The Hall–Kier alpha value is -0.120. The molecule has 0 N–H and O–H groups in total. The van der Waals surface area contributed by atoms with Gasteiger partial charge in [-0.3, -0.25) is 14.7 Å². The van der Waals surface area contributed by atoms with Crippen LogP contribution >= 0.6 is 0 Å². The van der Waals surface area contributed by atoms with E-state index in [1.165, 1.54) is 90.3 Å². The van der Waals surface area contributed by atoms with Crippen LogP contribution in [0.1, 0.15) is 174 Å². The fraction of sp³-hybridized carbons (Fsp3) is 1.00. The molecule has 3 aliphatic heterocycles. The highest BCUT2D eigenvalue weighted by molar-refractivity contribution is 5.10. The van der Waals surface area contributed by atoms with Gasteiger partial charge in [-0.1, -0.05) is 20.8 Å². The van der Waals surface area contributed by atoms with Crippen LogP contribution in [0, 0.1) is 35.5 Å². The molecule has 44 heavy (non-hydrogen) atoms. The third-order valence-corrected chi connectivity index (χ3v) is 13.9. The first-order chi connectivity index (χ1) is 20.1. The molecule has 258 valence electrons. The summed E-state index contributed by atoms with van der Waals surface area (Å²) < 4.78 is 0. The molecule has 4 fully saturated rings. The van der Waals surface area contributed by atoms with Crippen molar-refractivity contribution in [3.8, 4) is 0 Å². The molecule has 4 rings (SSSR count). The van der Waals surface area contributed by atoms with Gasteiger partial charge in [0.1, 0.15) is 0 Å². The van der Waals surface area contributed by atoms with Crippen molar-refractivity contribution in [3.05, 3.63) is 0 Å². The Morgan fingerprint density at radius 3 is 0.841 bits per heavy atom. The first-order valence-electron chi connectivity index (χ1n) is 19.5. The first kappa shape index (κ1) is 36.7. The summed E-state index contributed by atoms with van der Waals surface area (Å²) in [6, 6.07) is 0. The Labute approximate surface area is 277 Å². The quantitative estimate of drug-likeness (QED) is 0.256. The van der Waals surface area contributed by atoms with Gasteiger partial charge in [-0.25, -0.2) is 0 Å². The van der Waals surface area contributed by atoms with E-state index in [2.05, 4.69) is 119 Å². The second-order valence-electron chi connectivity index (χ2n) is 20.3. The molecule has 0 aromatic heterocycles. The lowest BCUT2D eigenvalue weighted by Gasteiger charge is -2.61. The fourth-order valence-corrected chi connectivity index (χ4v) is 13.4. The molecule has 4 aliphatic rings. The Balaban J connectivity index is 1.73. The molecule has 1 saturated carbocycles.